The van der Waals surface area contributed by atoms with Crippen molar-refractivity contribution in [3.63, 3.8) is 0 Å². The molecule has 2 saturated carbocycles. The molecule has 0 aromatic carbocycles. The van der Waals surface area contributed by atoms with Crippen molar-refractivity contribution in [2.75, 3.05) is 0 Å². The van der Waals surface area contributed by atoms with E-state index < -0.39 is 11.5 Å². The Morgan fingerprint density at radius 3 is 2.32 bits per heavy atom. The number of carbonyl (C=O) groups excluding carboxylic acids is 1. The van der Waals surface area contributed by atoms with Gasteiger partial charge in [-0.15, -0.1) is 0 Å². The van der Waals surface area contributed by atoms with Crippen LogP contribution in [0.1, 0.15) is 88.3 Å². The average molecular weight is 347 g/mol. The van der Waals surface area contributed by atoms with Gasteiger partial charge in [0.05, 0.1) is 5.54 Å². The lowest BCUT2D eigenvalue weighted by Gasteiger charge is -2.36. The highest BCUT2D eigenvalue weighted by Crippen LogP contribution is 2.42. The normalized spacial score (nSPS) is 27.1. The second-order valence-corrected chi connectivity index (χ2v) is 8.84. The van der Waals surface area contributed by atoms with Crippen LogP contribution in [-0.2, 0) is 10.3 Å². The Morgan fingerprint density at radius 1 is 1.24 bits per heavy atom. The molecule has 0 radical (unpaired) electrons. The van der Waals surface area contributed by atoms with Crippen LogP contribution in [0.25, 0.3) is 0 Å². The number of nitrogens with one attached hydrogen (secondary N) is 1. The van der Waals surface area contributed by atoms with Gasteiger partial charge in [0.1, 0.15) is 5.54 Å². The molecule has 2 aliphatic carbocycles. The van der Waals surface area contributed by atoms with E-state index >= 15 is 0 Å². The van der Waals surface area contributed by atoms with Crippen LogP contribution in [0.3, 0.4) is 0 Å². The zero-order chi connectivity index (χ0) is 18.4. The van der Waals surface area contributed by atoms with Crippen molar-refractivity contribution < 1.29 is 14.7 Å². The molecular weight excluding hydrogens is 318 g/mol. The molecule has 0 aliphatic heterocycles. The number of aliphatic carboxylic acids is 1. The largest absolute Gasteiger partial charge is 0.480 e. The third-order valence-corrected chi connectivity index (χ3v) is 5.49. The maximum Gasteiger partial charge on any atom is 0.329 e. The van der Waals surface area contributed by atoms with Gasteiger partial charge >= 0.3 is 5.97 Å². The van der Waals surface area contributed by atoms with Gasteiger partial charge in [0.15, 0.2) is 5.69 Å². The fourth-order valence-electron chi connectivity index (χ4n) is 3.64. The average Bonchev–Trinajstić information content (AvgIpc) is 3.26. The molecule has 0 unspecified atom stereocenters. The Labute approximate surface area is 149 Å². The maximum atomic E-state index is 12.8. The quantitative estimate of drug-likeness (QED) is 0.875. The first-order valence-corrected chi connectivity index (χ1v) is 9.29. The smallest absolute Gasteiger partial charge is 0.329 e. The van der Waals surface area contributed by atoms with Crippen molar-refractivity contribution in [3.05, 3.63) is 17.5 Å². The number of carboxylic acid groups (broad SMARTS) is 1. The summed E-state index contributed by atoms with van der Waals surface area (Å²) < 4.78 is 1.93. The number of rotatable bonds is 4. The molecule has 1 aromatic heterocycles. The van der Waals surface area contributed by atoms with Gasteiger partial charge in [-0.1, -0.05) is 6.92 Å². The number of amides is 1. The molecule has 6 nitrogen and oxygen atoms in total. The number of carbonyl (C=O) groups is 2. The standard InChI is InChI=1S/C19H29N3O3/c1-12-7-9-19(10-8-12,17(24)25)20-16(23)14-11-15(13-5-6-13)22(21-14)18(2,3)4/h11-13H,5-10H2,1-4H3,(H,20,23)(H,24,25). The molecule has 0 spiro atoms. The van der Waals surface area contributed by atoms with Crippen molar-refractivity contribution in [2.45, 2.75) is 83.2 Å². The van der Waals surface area contributed by atoms with Crippen LogP contribution in [0.4, 0.5) is 0 Å². The lowest BCUT2D eigenvalue weighted by Crippen LogP contribution is -2.56. The number of carboxylic acids is 1. The minimum absolute atomic E-state index is 0.207. The van der Waals surface area contributed by atoms with Crippen LogP contribution in [0.2, 0.25) is 0 Å². The molecule has 1 amide bonds. The summed E-state index contributed by atoms with van der Waals surface area (Å²) in [4.78, 5) is 24.6. The summed E-state index contributed by atoms with van der Waals surface area (Å²) in [6.07, 6.45) is 4.83. The molecule has 6 heteroatoms. The second-order valence-electron chi connectivity index (χ2n) is 8.84. The van der Waals surface area contributed by atoms with E-state index in [0.29, 0.717) is 30.4 Å². The molecule has 2 fully saturated rings. The Bertz CT molecular complexity index is 675. The first kappa shape index (κ1) is 18.0. The molecular formula is C19H29N3O3. The molecule has 2 N–H and O–H groups in total. The fourth-order valence-corrected chi connectivity index (χ4v) is 3.64. The van der Waals surface area contributed by atoms with Gasteiger partial charge in [-0.3, -0.25) is 9.48 Å². The maximum absolute atomic E-state index is 12.8. The summed E-state index contributed by atoms with van der Waals surface area (Å²) in [5.41, 5.74) is 0.0474. The van der Waals surface area contributed by atoms with Crippen LogP contribution in [0.5, 0.6) is 0 Å². The van der Waals surface area contributed by atoms with Crippen molar-refractivity contribution in [1.82, 2.24) is 15.1 Å². The van der Waals surface area contributed by atoms with Crippen LogP contribution in [-0.4, -0.2) is 32.3 Å². The fraction of sp³-hybridized carbons (Fsp3) is 0.737. The van der Waals surface area contributed by atoms with Gasteiger partial charge in [0.25, 0.3) is 5.91 Å². The van der Waals surface area contributed by atoms with E-state index in [1.807, 2.05) is 10.7 Å². The summed E-state index contributed by atoms with van der Waals surface area (Å²) in [6, 6.07) is 1.85. The summed E-state index contributed by atoms with van der Waals surface area (Å²) >= 11 is 0. The zero-order valence-corrected chi connectivity index (χ0v) is 15.6. The Hall–Kier alpha value is -1.85. The monoisotopic (exact) mass is 347 g/mol. The first-order valence-electron chi connectivity index (χ1n) is 9.29. The zero-order valence-electron chi connectivity index (χ0n) is 15.6. The number of aromatic nitrogens is 2. The van der Waals surface area contributed by atoms with Gasteiger partial charge in [0.2, 0.25) is 0 Å². The summed E-state index contributed by atoms with van der Waals surface area (Å²) in [5, 5.41) is 17.0. The number of nitrogens with zero attached hydrogens (tertiary/aromatic N) is 2. The summed E-state index contributed by atoms with van der Waals surface area (Å²) in [6.45, 7) is 8.32. The SMILES string of the molecule is CC1CCC(NC(=O)c2cc(C3CC3)n(C(C)(C)C)n2)(C(=O)O)CC1. The third-order valence-electron chi connectivity index (χ3n) is 5.49. The molecule has 2 aliphatic rings. The number of hydrogen-bond donors (Lipinski definition) is 2. The highest BCUT2D eigenvalue weighted by atomic mass is 16.4. The molecule has 25 heavy (non-hydrogen) atoms. The topological polar surface area (TPSA) is 84.2 Å². The van der Waals surface area contributed by atoms with E-state index in [9.17, 15) is 14.7 Å². The van der Waals surface area contributed by atoms with Gasteiger partial charge in [0, 0.05) is 11.6 Å². The Kier molecular flexibility index (Phi) is 4.41. The van der Waals surface area contributed by atoms with Crippen molar-refractivity contribution in [2.24, 2.45) is 5.92 Å². The second kappa shape index (κ2) is 6.15. The van der Waals surface area contributed by atoms with Crippen LogP contribution >= 0.6 is 0 Å². The van der Waals surface area contributed by atoms with Crippen LogP contribution in [0, 0.1) is 5.92 Å². The molecule has 0 saturated heterocycles. The van der Waals surface area contributed by atoms with Gasteiger partial charge in [-0.25, -0.2) is 4.79 Å². The highest BCUT2D eigenvalue weighted by Gasteiger charge is 2.43. The molecule has 0 atom stereocenters. The summed E-state index contributed by atoms with van der Waals surface area (Å²) in [5.74, 6) is -0.338. The highest BCUT2D eigenvalue weighted by molar-refractivity contribution is 5.96. The van der Waals surface area contributed by atoms with Crippen LogP contribution < -0.4 is 5.32 Å². The van der Waals surface area contributed by atoms with Gasteiger partial charge in [-0.2, -0.15) is 5.10 Å². The minimum Gasteiger partial charge on any atom is -0.480 e. The van der Waals surface area contributed by atoms with Gasteiger partial charge in [-0.05, 0) is 71.3 Å². The molecule has 3 rings (SSSR count). The predicted molar refractivity (Wildman–Crippen MR) is 94.7 cm³/mol. The molecule has 1 heterocycles. The van der Waals surface area contributed by atoms with Crippen molar-refractivity contribution >= 4 is 11.9 Å². The first-order chi connectivity index (χ1) is 11.6. The summed E-state index contributed by atoms with van der Waals surface area (Å²) in [7, 11) is 0. The van der Waals surface area contributed by atoms with E-state index in [1.54, 1.807) is 0 Å². The predicted octanol–water partition coefficient (Wildman–Crippen LogP) is 3.28. The van der Waals surface area contributed by atoms with Gasteiger partial charge < -0.3 is 10.4 Å². The molecule has 1 aromatic rings. The Balaban J connectivity index is 1.84. The Morgan fingerprint density at radius 2 is 1.84 bits per heavy atom. The van der Waals surface area contributed by atoms with Crippen molar-refractivity contribution in [1.29, 1.82) is 0 Å². The van der Waals surface area contributed by atoms with E-state index in [4.69, 9.17) is 0 Å². The van der Waals surface area contributed by atoms with Crippen molar-refractivity contribution in [3.8, 4) is 0 Å². The van der Waals surface area contributed by atoms with E-state index in [1.165, 1.54) is 0 Å². The number of hydrogen-bond acceptors (Lipinski definition) is 3. The minimum atomic E-state index is -1.16. The van der Waals surface area contributed by atoms with Crippen LogP contribution in [0.15, 0.2) is 6.07 Å². The van der Waals surface area contributed by atoms with E-state index in [0.717, 1.165) is 31.4 Å². The third kappa shape index (κ3) is 3.58. The lowest BCUT2D eigenvalue weighted by atomic mass is 9.77. The van der Waals surface area contributed by atoms with E-state index in [2.05, 4.69) is 38.1 Å². The molecule has 138 valence electrons. The molecule has 0 bridgehead atoms. The lowest BCUT2D eigenvalue weighted by molar-refractivity contribution is -0.146. The van der Waals surface area contributed by atoms with E-state index in [-0.39, 0.29) is 11.4 Å².